The predicted molar refractivity (Wildman–Crippen MR) is 89.7 cm³/mol. The molecule has 0 amide bonds. The zero-order valence-electron chi connectivity index (χ0n) is 14.3. The van der Waals surface area contributed by atoms with Gasteiger partial charge in [-0.05, 0) is 11.8 Å². The van der Waals surface area contributed by atoms with Gasteiger partial charge in [0.1, 0.15) is 0 Å². The largest absolute Gasteiger partial charge is 0.0654 e. The lowest BCUT2D eigenvalue weighted by molar-refractivity contribution is 0.321. The monoisotopic (exact) mass is 268 g/mol. The maximum absolute atomic E-state index is 2.40. The maximum atomic E-state index is 2.40. The number of hydrogen-bond donors (Lipinski definition) is 0. The smallest absolute Gasteiger partial charge is 0.0391 e. The minimum atomic E-state index is 0.888. The van der Waals surface area contributed by atoms with Gasteiger partial charge in [0.2, 0.25) is 0 Å². The summed E-state index contributed by atoms with van der Waals surface area (Å²) in [6.07, 6.45) is 18.9. The molecule has 0 heterocycles. The van der Waals surface area contributed by atoms with E-state index in [1.807, 2.05) is 0 Å². The number of hydrogen-bond acceptors (Lipinski definition) is 0. The van der Waals surface area contributed by atoms with Gasteiger partial charge >= 0.3 is 0 Å². The highest BCUT2D eigenvalue weighted by atomic mass is 14.2. The van der Waals surface area contributed by atoms with Crippen molar-refractivity contribution in [3.8, 4) is 0 Å². The van der Waals surface area contributed by atoms with Gasteiger partial charge in [0.25, 0.3) is 0 Å². The molecule has 0 aliphatic heterocycles. The van der Waals surface area contributed by atoms with Crippen LogP contribution in [0.25, 0.3) is 0 Å². The average molecular weight is 269 g/mol. The summed E-state index contributed by atoms with van der Waals surface area (Å²) >= 11 is 0. The first-order chi connectivity index (χ1) is 9.22. The van der Waals surface area contributed by atoms with Crippen molar-refractivity contribution >= 4 is 0 Å². The molecule has 0 aromatic heterocycles. The van der Waals surface area contributed by atoms with Crippen LogP contribution in [0.3, 0.4) is 0 Å². The Morgan fingerprint density at radius 3 is 1.42 bits per heavy atom. The fourth-order valence-corrected chi connectivity index (χ4v) is 3.08. The van der Waals surface area contributed by atoms with Gasteiger partial charge in [-0.2, -0.15) is 0 Å². The number of rotatable bonds is 14. The van der Waals surface area contributed by atoms with Crippen molar-refractivity contribution in [3.63, 3.8) is 0 Å². The summed E-state index contributed by atoms with van der Waals surface area (Å²) < 4.78 is 0. The van der Waals surface area contributed by atoms with Crippen LogP contribution in [0.4, 0.5) is 0 Å². The van der Waals surface area contributed by atoms with E-state index < -0.39 is 0 Å². The van der Waals surface area contributed by atoms with E-state index in [9.17, 15) is 0 Å². The molecule has 0 nitrogen and oxygen atoms in total. The topological polar surface area (TPSA) is 0 Å². The zero-order chi connectivity index (χ0) is 14.3. The van der Waals surface area contributed by atoms with E-state index in [0.717, 1.165) is 11.8 Å². The van der Waals surface area contributed by atoms with Crippen molar-refractivity contribution in [2.45, 2.75) is 111 Å². The standard InChI is InChI=1S/C19H40/c1-5-7-8-9-10-11-12-13-14-15-17-19(16-6-2)18(3)4/h18-19H,5-17H2,1-4H3. The Bertz CT molecular complexity index is 159. The Hall–Kier alpha value is 0. The molecular formula is C19H40. The lowest BCUT2D eigenvalue weighted by Gasteiger charge is -2.19. The summed E-state index contributed by atoms with van der Waals surface area (Å²) in [6.45, 7) is 9.42. The van der Waals surface area contributed by atoms with Gasteiger partial charge in [-0.25, -0.2) is 0 Å². The Morgan fingerprint density at radius 1 is 0.526 bits per heavy atom. The SMILES string of the molecule is CCCCCCCCCCCCC(CCC)C(C)C. The first-order valence-electron chi connectivity index (χ1n) is 9.22. The Kier molecular flexibility index (Phi) is 14.4. The molecule has 0 aromatic rings. The molecule has 1 unspecified atom stereocenters. The first-order valence-corrected chi connectivity index (χ1v) is 9.22. The summed E-state index contributed by atoms with van der Waals surface area (Å²) in [5.74, 6) is 1.87. The van der Waals surface area contributed by atoms with Gasteiger partial charge < -0.3 is 0 Å². The molecule has 0 bridgehead atoms. The van der Waals surface area contributed by atoms with Gasteiger partial charge in [-0.15, -0.1) is 0 Å². The molecule has 0 saturated carbocycles. The molecule has 0 rings (SSSR count). The minimum Gasteiger partial charge on any atom is -0.0654 e. The molecule has 0 N–H and O–H groups in total. The van der Waals surface area contributed by atoms with Crippen molar-refractivity contribution in [3.05, 3.63) is 0 Å². The summed E-state index contributed by atoms with van der Waals surface area (Å²) in [7, 11) is 0. The van der Waals surface area contributed by atoms with Crippen molar-refractivity contribution in [2.24, 2.45) is 11.8 Å². The van der Waals surface area contributed by atoms with Crippen molar-refractivity contribution in [1.29, 1.82) is 0 Å². The van der Waals surface area contributed by atoms with Crippen LogP contribution < -0.4 is 0 Å². The summed E-state index contributed by atoms with van der Waals surface area (Å²) in [4.78, 5) is 0. The van der Waals surface area contributed by atoms with E-state index in [1.54, 1.807) is 0 Å². The predicted octanol–water partition coefficient (Wildman–Crippen LogP) is 7.37. The Labute approximate surface area is 123 Å². The van der Waals surface area contributed by atoms with E-state index >= 15 is 0 Å². The normalized spacial score (nSPS) is 13.1. The fraction of sp³-hybridized carbons (Fsp3) is 1.00. The van der Waals surface area contributed by atoms with Crippen LogP contribution in [0.2, 0.25) is 0 Å². The molecule has 19 heavy (non-hydrogen) atoms. The maximum Gasteiger partial charge on any atom is -0.0391 e. The molecule has 0 fully saturated rings. The second-order valence-electron chi connectivity index (χ2n) is 6.76. The summed E-state index contributed by atoms with van der Waals surface area (Å²) in [6, 6.07) is 0. The third-order valence-electron chi connectivity index (χ3n) is 4.53. The van der Waals surface area contributed by atoms with Crippen LogP contribution in [-0.4, -0.2) is 0 Å². The van der Waals surface area contributed by atoms with Gasteiger partial charge in [-0.1, -0.05) is 111 Å². The average Bonchev–Trinajstić information content (AvgIpc) is 2.39. The second kappa shape index (κ2) is 14.4. The Morgan fingerprint density at radius 2 is 1.00 bits per heavy atom. The Balaban J connectivity index is 3.25. The third kappa shape index (κ3) is 12.8. The minimum absolute atomic E-state index is 0.888. The van der Waals surface area contributed by atoms with Crippen LogP contribution in [0, 0.1) is 11.8 Å². The molecule has 1 atom stereocenters. The van der Waals surface area contributed by atoms with E-state index in [-0.39, 0.29) is 0 Å². The number of unbranched alkanes of at least 4 members (excludes halogenated alkanes) is 9. The molecule has 0 aromatic carbocycles. The molecule has 0 radical (unpaired) electrons. The lowest BCUT2D eigenvalue weighted by atomic mass is 9.86. The lowest BCUT2D eigenvalue weighted by Crippen LogP contribution is -2.08. The van der Waals surface area contributed by atoms with E-state index in [1.165, 1.54) is 83.5 Å². The van der Waals surface area contributed by atoms with Crippen LogP contribution in [-0.2, 0) is 0 Å². The third-order valence-corrected chi connectivity index (χ3v) is 4.53. The quantitative estimate of drug-likeness (QED) is 0.288. The van der Waals surface area contributed by atoms with Crippen molar-refractivity contribution in [1.82, 2.24) is 0 Å². The van der Waals surface area contributed by atoms with Crippen LogP contribution in [0.1, 0.15) is 111 Å². The van der Waals surface area contributed by atoms with E-state index in [4.69, 9.17) is 0 Å². The van der Waals surface area contributed by atoms with Crippen LogP contribution in [0.5, 0.6) is 0 Å². The molecule has 0 heteroatoms. The molecule has 0 spiro atoms. The van der Waals surface area contributed by atoms with Gasteiger partial charge in [0, 0.05) is 0 Å². The van der Waals surface area contributed by atoms with Gasteiger partial charge in [0.05, 0.1) is 0 Å². The van der Waals surface area contributed by atoms with Gasteiger partial charge in [-0.3, -0.25) is 0 Å². The van der Waals surface area contributed by atoms with E-state index in [2.05, 4.69) is 27.7 Å². The molecular weight excluding hydrogens is 228 g/mol. The second-order valence-corrected chi connectivity index (χ2v) is 6.76. The highest BCUT2D eigenvalue weighted by Gasteiger charge is 2.11. The summed E-state index contributed by atoms with van der Waals surface area (Å²) in [5.41, 5.74) is 0. The van der Waals surface area contributed by atoms with Gasteiger partial charge in [0.15, 0.2) is 0 Å². The molecule has 0 aliphatic carbocycles. The van der Waals surface area contributed by atoms with Crippen LogP contribution >= 0.6 is 0 Å². The fourth-order valence-electron chi connectivity index (χ4n) is 3.08. The molecule has 116 valence electrons. The van der Waals surface area contributed by atoms with Crippen molar-refractivity contribution in [2.75, 3.05) is 0 Å². The zero-order valence-corrected chi connectivity index (χ0v) is 14.3. The van der Waals surface area contributed by atoms with Crippen LogP contribution in [0.15, 0.2) is 0 Å². The van der Waals surface area contributed by atoms with E-state index in [0.29, 0.717) is 0 Å². The highest BCUT2D eigenvalue weighted by molar-refractivity contribution is 4.63. The summed E-state index contributed by atoms with van der Waals surface area (Å²) in [5, 5.41) is 0. The highest BCUT2D eigenvalue weighted by Crippen LogP contribution is 2.24. The van der Waals surface area contributed by atoms with Crippen molar-refractivity contribution < 1.29 is 0 Å². The molecule has 0 saturated heterocycles. The first kappa shape index (κ1) is 19.0. The molecule has 0 aliphatic rings.